The van der Waals surface area contributed by atoms with Crippen LogP contribution in [-0.4, -0.2) is 34.2 Å². The molecule has 1 aromatic carbocycles. The van der Waals surface area contributed by atoms with E-state index >= 15 is 0 Å². The lowest BCUT2D eigenvalue weighted by molar-refractivity contribution is 0.0500. The van der Waals surface area contributed by atoms with Crippen molar-refractivity contribution in [3.63, 3.8) is 0 Å². The standard InChI is InChI=1S/C16H21N3OS/c1-2-4-14(5-3-1)10-19(12-16-13-21-18-17-16)11-15-6-8-20-9-7-15/h1-5,13,15H,6-12H2. The van der Waals surface area contributed by atoms with Gasteiger partial charge in [0.1, 0.15) is 0 Å². The van der Waals surface area contributed by atoms with Gasteiger partial charge in [-0.15, -0.1) is 5.10 Å². The Labute approximate surface area is 129 Å². The van der Waals surface area contributed by atoms with E-state index < -0.39 is 0 Å². The highest BCUT2D eigenvalue weighted by Gasteiger charge is 2.18. The van der Waals surface area contributed by atoms with Crippen molar-refractivity contribution >= 4 is 11.5 Å². The second-order valence-corrected chi connectivity index (χ2v) is 6.22. The summed E-state index contributed by atoms with van der Waals surface area (Å²) in [6, 6.07) is 10.7. The molecule has 0 atom stereocenters. The summed E-state index contributed by atoms with van der Waals surface area (Å²) < 4.78 is 9.44. The third-order valence-corrected chi connectivity index (χ3v) is 4.45. The lowest BCUT2D eigenvalue weighted by Gasteiger charge is -2.29. The number of hydrogen-bond donors (Lipinski definition) is 0. The van der Waals surface area contributed by atoms with E-state index in [1.807, 2.05) is 5.38 Å². The first-order valence-electron chi connectivity index (χ1n) is 7.50. The molecule has 0 aliphatic carbocycles. The van der Waals surface area contributed by atoms with Crippen LogP contribution in [0.4, 0.5) is 0 Å². The minimum Gasteiger partial charge on any atom is -0.381 e. The third-order valence-electron chi connectivity index (χ3n) is 3.90. The fourth-order valence-electron chi connectivity index (χ4n) is 2.80. The molecule has 1 saturated heterocycles. The third kappa shape index (κ3) is 4.59. The van der Waals surface area contributed by atoms with Crippen LogP contribution in [-0.2, 0) is 17.8 Å². The van der Waals surface area contributed by atoms with Crippen LogP contribution in [0.5, 0.6) is 0 Å². The molecule has 1 aliphatic rings. The van der Waals surface area contributed by atoms with Crippen molar-refractivity contribution in [1.82, 2.24) is 14.5 Å². The zero-order chi connectivity index (χ0) is 14.3. The molecule has 0 radical (unpaired) electrons. The molecule has 0 bridgehead atoms. The molecule has 0 N–H and O–H groups in total. The average Bonchev–Trinajstić information content (AvgIpc) is 3.02. The van der Waals surface area contributed by atoms with Gasteiger partial charge in [-0.1, -0.05) is 34.8 Å². The van der Waals surface area contributed by atoms with E-state index in [-0.39, 0.29) is 0 Å². The molecular weight excluding hydrogens is 282 g/mol. The highest BCUT2D eigenvalue weighted by molar-refractivity contribution is 7.03. The zero-order valence-electron chi connectivity index (χ0n) is 12.1. The average molecular weight is 303 g/mol. The number of aromatic nitrogens is 2. The highest BCUT2D eigenvalue weighted by atomic mass is 32.1. The number of rotatable bonds is 6. The molecule has 1 aliphatic heterocycles. The molecule has 112 valence electrons. The van der Waals surface area contributed by atoms with E-state index in [0.29, 0.717) is 0 Å². The first kappa shape index (κ1) is 14.6. The van der Waals surface area contributed by atoms with Gasteiger partial charge in [0, 0.05) is 38.2 Å². The SMILES string of the molecule is c1ccc(CN(Cc2csnn2)CC2CCOCC2)cc1. The molecule has 0 unspecified atom stereocenters. The van der Waals surface area contributed by atoms with Crippen molar-refractivity contribution in [1.29, 1.82) is 0 Å². The summed E-state index contributed by atoms with van der Waals surface area (Å²) in [6.45, 7) is 4.76. The van der Waals surface area contributed by atoms with E-state index in [1.54, 1.807) is 0 Å². The van der Waals surface area contributed by atoms with Gasteiger partial charge in [-0.25, -0.2) is 0 Å². The van der Waals surface area contributed by atoms with Crippen molar-refractivity contribution in [3.8, 4) is 0 Å². The van der Waals surface area contributed by atoms with Crippen LogP contribution in [0.25, 0.3) is 0 Å². The maximum atomic E-state index is 5.47. The molecule has 0 spiro atoms. The first-order chi connectivity index (χ1) is 10.4. The zero-order valence-corrected chi connectivity index (χ0v) is 13.0. The number of benzene rings is 1. The van der Waals surface area contributed by atoms with Gasteiger partial charge in [0.2, 0.25) is 0 Å². The van der Waals surface area contributed by atoms with E-state index in [1.165, 1.54) is 29.9 Å². The van der Waals surface area contributed by atoms with Crippen molar-refractivity contribution in [2.75, 3.05) is 19.8 Å². The van der Waals surface area contributed by atoms with Crippen LogP contribution < -0.4 is 0 Å². The number of hydrogen-bond acceptors (Lipinski definition) is 5. The van der Waals surface area contributed by atoms with Crippen LogP contribution in [0.1, 0.15) is 24.1 Å². The monoisotopic (exact) mass is 303 g/mol. The van der Waals surface area contributed by atoms with E-state index in [4.69, 9.17) is 4.74 Å². The van der Waals surface area contributed by atoms with Crippen molar-refractivity contribution in [3.05, 3.63) is 47.0 Å². The molecule has 2 aromatic rings. The smallest absolute Gasteiger partial charge is 0.0895 e. The van der Waals surface area contributed by atoms with Gasteiger partial charge < -0.3 is 4.74 Å². The summed E-state index contributed by atoms with van der Waals surface area (Å²) in [7, 11) is 0. The predicted molar refractivity (Wildman–Crippen MR) is 84.0 cm³/mol. The molecule has 0 saturated carbocycles. The Bertz CT molecular complexity index is 512. The molecule has 2 heterocycles. The predicted octanol–water partition coefficient (Wildman–Crippen LogP) is 2.97. The van der Waals surface area contributed by atoms with Crippen LogP contribution >= 0.6 is 11.5 Å². The Kier molecular flexibility index (Phi) is 5.32. The van der Waals surface area contributed by atoms with Gasteiger partial charge in [-0.2, -0.15) is 0 Å². The summed E-state index contributed by atoms with van der Waals surface area (Å²) in [5.74, 6) is 0.731. The largest absolute Gasteiger partial charge is 0.381 e. The Hall–Kier alpha value is -1.30. The van der Waals surface area contributed by atoms with Gasteiger partial charge in [0.25, 0.3) is 0 Å². The maximum Gasteiger partial charge on any atom is 0.0895 e. The number of ether oxygens (including phenoxy) is 1. The molecule has 21 heavy (non-hydrogen) atoms. The van der Waals surface area contributed by atoms with Gasteiger partial charge in [0.05, 0.1) is 5.69 Å². The molecule has 5 heteroatoms. The van der Waals surface area contributed by atoms with Gasteiger partial charge in [-0.3, -0.25) is 4.90 Å². The minimum atomic E-state index is 0.731. The van der Waals surface area contributed by atoms with Crippen LogP contribution in [0.2, 0.25) is 0 Å². The molecule has 3 rings (SSSR count). The molecule has 4 nitrogen and oxygen atoms in total. The minimum absolute atomic E-state index is 0.731. The Morgan fingerprint density at radius 2 is 1.95 bits per heavy atom. The van der Waals surface area contributed by atoms with E-state index in [9.17, 15) is 0 Å². The molecular formula is C16H21N3OS. The lowest BCUT2D eigenvalue weighted by atomic mass is 9.99. The van der Waals surface area contributed by atoms with Gasteiger partial charge in [-0.05, 0) is 35.9 Å². The second-order valence-electron chi connectivity index (χ2n) is 5.61. The van der Waals surface area contributed by atoms with E-state index in [2.05, 4.69) is 44.8 Å². The molecule has 1 aromatic heterocycles. The maximum absolute atomic E-state index is 5.47. The lowest BCUT2D eigenvalue weighted by Crippen LogP contribution is -2.32. The quantitative estimate of drug-likeness (QED) is 0.822. The summed E-state index contributed by atoms with van der Waals surface area (Å²) in [4.78, 5) is 2.49. The van der Waals surface area contributed by atoms with Crippen LogP contribution in [0, 0.1) is 5.92 Å². The summed E-state index contributed by atoms with van der Waals surface area (Å²) in [5, 5.41) is 6.24. The summed E-state index contributed by atoms with van der Waals surface area (Å²) >= 11 is 1.43. The van der Waals surface area contributed by atoms with Crippen molar-refractivity contribution in [2.24, 2.45) is 5.92 Å². The first-order valence-corrected chi connectivity index (χ1v) is 8.34. The highest BCUT2D eigenvalue weighted by Crippen LogP contribution is 2.19. The van der Waals surface area contributed by atoms with Crippen LogP contribution in [0.3, 0.4) is 0 Å². The molecule has 0 amide bonds. The topological polar surface area (TPSA) is 38.2 Å². The van der Waals surface area contributed by atoms with Gasteiger partial charge in [0.15, 0.2) is 0 Å². The van der Waals surface area contributed by atoms with Crippen molar-refractivity contribution in [2.45, 2.75) is 25.9 Å². The number of nitrogens with zero attached hydrogens (tertiary/aromatic N) is 3. The van der Waals surface area contributed by atoms with Crippen molar-refractivity contribution < 1.29 is 4.74 Å². The fourth-order valence-corrected chi connectivity index (χ4v) is 3.25. The normalized spacial score (nSPS) is 16.4. The van der Waals surface area contributed by atoms with Gasteiger partial charge >= 0.3 is 0 Å². The summed E-state index contributed by atoms with van der Waals surface area (Å²) in [6.07, 6.45) is 2.33. The Balaban J connectivity index is 1.64. The Morgan fingerprint density at radius 1 is 1.14 bits per heavy atom. The second kappa shape index (κ2) is 7.64. The Morgan fingerprint density at radius 3 is 2.67 bits per heavy atom. The molecule has 1 fully saturated rings. The summed E-state index contributed by atoms with van der Waals surface area (Å²) in [5.41, 5.74) is 2.43. The van der Waals surface area contributed by atoms with Crippen LogP contribution in [0.15, 0.2) is 35.7 Å². The fraction of sp³-hybridized carbons (Fsp3) is 0.500. The van der Waals surface area contributed by atoms with E-state index in [0.717, 1.165) is 44.5 Å².